The molecule has 1 aliphatic carbocycles. The molecule has 0 atom stereocenters. The molecule has 2 amide bonds. The van der Waals surface area contributed by atoms with Gasteiger partial charge in [-0.2, -0.15) is 26.3 Å². The van der Waals surface area contributed by atoms with Crippen molar-refractivity contribution in [1.29, 1.82) is 0 Å². The van der Waals surface area contributed by atoms with Crippen LogP contribution in [0.5, 0.6) is 0 Å². The fraction of sp³-hybridized carbons (Fsp3) is 0.559. The first kappa shape index (κ1) is 38.0. The van der Waals surface area contributed by atoms with E-state index in [0.717, 1.165) is 13.8 Å². The van der Waals surface area contributed by atoms with E-state index in [-0.39, 0.29) is 75.2 Å². The van der Waals surface area contributed by atoms with E-state index >= 15 is 0 Å². The highest BCUT2D eigenvalue weighted by Gasteiger charge is 2.43. The highest BCUT2D eigenvalue weighted by molar-refractivity contribution is 6.36. The van der Waals surface area contributed by atoms with Crippen LogP contribution in [0.1, 0.15) is 79.7 Å². The molecular weight excluding hydrogens is 714 g/mol. The Hall–Kier alpha value is -3.26. The molecule has 2 aromatic carbocycles. The number of aryl methyl sites for hydroxylation is 1. The van der Waals surface area contributed by atoms with E-state index in [9.17, 15) is 40.3 Å². The molecule has 1 aromatic heterocycles. The van der Waals surface area contributed by atoms with Crippen molar-refractivity contribution in [3.63, 3.8) is 0 Å². The number of benzene rings is 2. The second-order valence-electron chi connectivity index (χ2n) is 13.6. The highest BCUT2D eigenvalue weighted by Crippen LogP contribution is 2.40. The second-order valence-corrected chi connectivity index (χ2v) is 14.4. The molecule has 0 spiro atoms. The van der Waals surface area contributed by atoms with Gasteiger partial charge in [0.2, 0.25) is 0 Å². The number of alkyl halides is 7. The fourth-order valence-electron chi connectivity index (χ4n) is 6.64. The van der Waals surface area contributed by atoms with Crippen molar-refractivity contribution in [3.8, 4) is 0 Å². The average Bonchev–Trinajstić information content (AvgIpc) is 3.34. The van der Waals surface area contributed by atoms with Crippen LogP contribution < -0.4 is 15.5 Å². The molecule has 7 nitrogen and oxygen atoms in total. The van der Waals surface area contributed by atoms with Gasteiger partial charge in [0.15, 0.2) is 5.67 Å². The first-order valence-corrected chi connectivity index (χ1v) is 17.1. The van der Waals surface area contributed by atoms with Gasteiger partial charge >= 0.3 is 12.4 Å². The second kappa shape index (κ2) is 14.4. The Labute approximate surface area is 294 Å². The van der Waals surface area contributed by atoms with E-state index in [4.69, 9.17) is 28.2 Å². The predicted molar refractivity (Wildman–Crippen MR) is 177 cm³/mol. The van der Waals surface area contributed by atoms with Gasteiger partial charge in [-0.3, -0.25) is 9.59 Å². The zero-order valence-electron chi connectivity index (χ0n) is 27.7. The van der Waals surface area contributed by atoms with Gasteiger partial charge in [-0.15, -0.1) is 0 Å². The summed E-state index contributed by atoms with van der Waals surface area (Å²) in [6.07, 6.45) is -8.75. The third-order valence-electron chi connectivity index (χ3n) is 9.74. The van der Waals surface area contributed by atoms with Crippen molar-refractivity contribution in [1.82, 2.24) is 20.2 Å². The van der Waals surface area contributed by atoms with Gasteiger partial charge in [0.1, 0.15) is 5.82 Å². The number of carbonyl (C=O) groups is 2. The summed E-state index contributed by atoms with van der Waals surface area (Å²) < 4.78 is 95.9. The quantitative estimate of drug-likeness (QED) is 0.227. The molecule has 274 valence electrons. The first-order chi connectivity index (χ1) is 23.2. The number of anilines is 1. The minimum atomic E-state index is -4.34. The van der Waals surface area contributed by atoms with Gasteiger partial charge in [-0.25, -0.2) is 9.37 Å². The average molecular weight is 753 g/mol. The fourth-order valence-corrected chi connectivity index (χ4v) is 7.21. The van der Waals surface area contributed by atoms with Crippen LogP contribution in [0.2, 0.25) is 10.0 Å². The molecule has 0 bridgehead atoms. The number of fused-ring (bicyclic) bond motifs is 1. The van der Waals surface area contributed by atoms with Crippen molar-refractivity contribution in [2.45, 2.75) is 89.4 Å². The van der Waals surface area contributed by atoms with Crippen molar-refractivity contribution in [2.75, 3.05) is 18.0 Å². The van der Waals surface area contributed by atoms with Gasteiger partial charge < -0.3 is 20.1 Å². The number of imidazole rings is 1. The van der Waals surface area contributed by atoms with Gasteiger partial charge in [0, 0.05) is 44.2 Å². The van der Waals surface area contributed by atoms with Crippen LogP contribution in [-0.4, -0.2) is 58.5 Å². The zero-order chi connectivity index (χ0) is 36.8. The Morgan fingerprint density at radius 3 is 2.08 bits per heavy atom. The van der Waals surface area contributed by atoms with Crippen LogP contribution in [0.15, 0.2) is 24.3 Å². The van der Waals surface area contributed by atoms with Crippen LogP contribution in [-0.2, 0) is 24.8 Å². The molecule has 3 aromatic rings. The smallest absolute Gasteiger partial charge is 0.371 e. The SMILES string of the molecule is Cn1c(Cc2c(Cl)ccc(CNC(=O)C(C)(C)F)c2Cl)nc2cc(C(=O)NC3CCC(C(F)(F)F)CC3)c(N3CCC(C(F)(F)F)CC3)cc21. The normalized spacial score (nSPS) is 19.6. The number of carbonyl (C=O) groups excluding carboxylic acids is 2. The summed E-state index contributed by atoms with van der Waals surface area (Å²) >= 11 is 13.2. The molecule has 2 aliphatic rings. The van der Waals surface area contributed by atoms with Crippen LogP contribution in [0, 0.1) is 11.8 Å². The number of aromatic nitrogens is 2. The number of hydrogen-bond acceptors (Lipinski definition) is 4. The monoisotopic (exact) mass is 751 g/mol. The minimum Gasteiger partial charge on any atom is -0.371 e. The molecule has 1 aliphatic heterocycles. The summed E-state index contributed by atoms with van der Waals surface area (Å²) in [5, 5.41) is 5.93. The summed E-state index contributed by atoms with van der Waals surface area (Å²) in [6.45, 7) is 2.31. The number of amides is 2. The molecule has 2 fully saturated rings. The van der Waals surface area contributed by atoms with Gasteiger partial charge in [-0.05, 0) is 81.7 Å². The van der Waals surface area contributed by atoms with Crippen LogP contribution in [0.3, 0.4) is 0 Å². The minimum absolute atomic E-state index is 0.0471. The summed E-state index contributed by atoms with van der Waals surface area (Å²) in [5.74, 6) is -3.76. The third-order valence-corrected chi connectivity index (χ3v) is 10.6. The van der Waals surface area contributed by atoms with E-state index in [1.807, 2.05) is 0 Å². The predicted octanol–water partition coefficient (Wildman–Crippen LogP) is 8.46. The Kier molecular flexibility index (Phi) is 10.9. The van der Waals surface area contributed by atoms with E-state index in [1.165, 1.54) is 0 Å². The number of piperidine rings is 1. The lowest BCUT2D eigenvalue weighted by molar-refractivity contribution is -0.182. The van der Waals surface area contributed by atoms with Crippen LogP contribution in [0.25, 0.3) is 11.0 Å². The first-order valence-electron chi connectivity index (χ1n) is 16.4. The van der Waals surface area contributed by atoms with E-state index in [2.05, 4.69) is 10.6 Å². The molecule has 16 heteroatoms. The maximum Gasteiger partial charge on any atom is 0.391 e. The van der Waals surface area contributed by atoms with Gasteiger partial charge in [-0.1, -0.05) is 29.3 Å². The number of rotatable bonds is 8. The van der Waals surface area contributed by atoms with Gasteiger partial charge in [0.05, 0.1) is 39.1 Å². The van der Waals surface area contributed by atoms with E-state index in [1.54, 1.807) is 40.8 Å². The maximum atomic E-state index is 14.0. The molecule has 0 radical (unpaired) electrons. The summed E-state index contributed by atoms with van der Waals surface area (Å²) in [4.78, 5) is 32.3. The van der Waals surface area contributed by atoms with Crippen LogP contribution in [0.4, 0.5) is 36.4 Å². The number of hydrogen-bond donors (Lipinski definition) is 2. The van der Waals surface area contributed by atoms with Gasteiger partial charge in [0.25, 0.3) is 11.8 Å². The maximum absolute atomic E-state index is 14.0. The summed E-state index contributed by atoms with van der Waals surface area (Å²) in [6, 6.07) is 5.97. The van der Waals surface area contributed by atoms with Crippen LogP contribution >= 0.6 is 23.2 Å². The third kappa shape index (κ3) is 8.43. The highest BCUT2D eigenvalue weighted by atomic mass is 35.5. The zero-order valence-corrected chi connectivity index (χ0v) is 29.2. The molecule has 1 saturated carbocycles. The lowest BCUT2D eigenvalue weighted by Gasteiger charge is -2.35. The van der Waals surface area contributed by atoms with Crippen molar-refractivity contribution in [3.05, 3.63) is 56.8 Å². The molecule has 2 heterocycles. The topological polar surface area (TPSA) is 79.3 Å². The molecule has 50 heavy (non-hydrogen) atoms. The van der Waals surface area contributed by atoms with Crippen molar-refractivity contribution < 1.29 is 40.3 Å². The Bertz CT molecular complexity index is 1740. The van der Waals surface area contributed by atoms with Crippen molar-refractivity contribution >= 4 is 51.7 Å². The largest absolute Gasteiger partial charge is 0.391 e. The molecule has 2 N–H and O–H groups in total. The summed E-state index contributed by atoms with van der Waals surface area (Å²) in [7, 11) is 1.73. The molecule has 5 rings (SSSR count). The lowest BCUT2D eigenvalue weighted by atomic mass is 9.85. The Morgan fingerprint density at radius 1 is 0.900 bits per heavy atom. The molecule has 0 unspecified atom stereocenters. The Morgan fingerprint density at radius 2 is 1.50 bits per heavy atom. The molecular formula is C34H38Cl2F7N5O2. The number of halogens is 9. The Balaban J connectivity index is 1.45. The molecule has 1 saturated heterocycles. The van der Waals surface area contributed by atoms with E-state index < -0.39 is 47.7 Å². The standard InChI is InChI=1S/C34H38Cl2F7N5O2/c1-32(2,37)31(50)44-17-18-4-9-24(35)22(29(18)36)15-28-46-25-14-23(30(49)45-21-7-5-19(6-8-21)33(38,39)40)26(16-27(25)47(28)3)48-12-10-20(11-13-48)34(41,42)43/h4,9,14,16,19-21H,5-8,10-13,15,17H2,1-3H3,(H,44,50)(H,45,49). The van der Waals surface area contributed by atoms with Crippen molar-refractivity contribution in [2.24, 2.45) is 18.9 Å². The number of nitrogens with one attached hydrogen (secondary N) is 2. The van der Waals surface area contributed by atoms with E-state index in [0.29, 0.717) is 38.7 Å². The lowest BCUT2D eigenvalue weighted by Crippen LogP contribution is -2.42. The summed E-state index contributed by atoms with van der Waals surface area (Å²) in [5.41, 5.74) is 0.438. The number of nitrogens with zero attached hydrogens (tertiary/aromatic N) is 3.